The molecule has 154 valence electrons. The Morgan fingerprint density at radius 3 is 2.53 bits per heavy atom. The lowest BCUT2D eigenvalue weighted by Gasteiger charge is -2.10. The Morgan fingerprint density at radius 2 is 1.80 bits per heavy atom. The van der Waals surface area contributed by atoms with Crippen LogP contribution in [0.15, 0.2) is 53.6 Å². The molecule has 1 aromatic heterocycles. The van der Waals surface area contributed by atoms with E-state index in [1.165, 1.54) is 10.5 Å². The van der Waals surface area contributed by atoms with Crippen molar-refractivity contribution in [2.24, 2.45) is 0 Å². The molecule has 4 rings (SSSR count). The van der Waals surface area contributed by atoms with E-state index < -0.39 is 0 Å². The van der Waals surface area contributed by atoms with Crippen LogP contribution in [0.2, 0.25) is 5.02 Å². The first-order valence-corrected chi connectivity index (χ1v) is 11.3. The highest BCUT2D eigenvalue weighted by molar-refractivity contribution is 8.18. The van der Waals surface area contributed by atoms with Crippen molar-refractivity contribution >= 4 is 51.5 Å². The van der Waals surface area contributed by atoms with E-state index in [1.807, 2.05) is 43.3 Å². The Kier molecular flexibility index (Phi) is 6.02. The normalized spacial score (nSPS) is 15.7. The van der Waals surface area contributed by atoms with Crippen LogP contribution in [-0.2, 0) is 17.8 Å². The standard InChI is InChI=1S/C24H23ClN2O2S/c1-3-12-27-23(28)21(30-24(27)29)13-18-15-26(14-17-8-5-6-11-20(17)25)22-16(4-2)9-7-10-19(18)22/h5-11,13,15H,3-4,12,14H2,1-2H3/b21-13-. The lowest BCUT2D eigenvalue weighted by atomic mass is 10.1. The van der Waals surface area contributed by atoms with Crippen LogP contribution < -0.4 is 0 Å². The van der Waals surface area contributed by atoms with Gasteiger partial charge in [0, 0.05) is 35.3 Å². The fourth-order valence-corrected chi connectivity index (χ4v) is 4.91. The Morgan fingerprint density at radius 1 is 1.03 bits per heavy atom. The van der Waals surface area contributed by atoms with Crippen molar-refractivity contribution in [3.63, 3.8) is 0 Å². The predicted molar refractivity (Wildman–Crippen MR) is 125 cm³/mol. The van der Waals surface area contributed by atoms with E-state index >= 15 is 0 Å². The molecule has 3 aromatic rings. The van der Waals surface area contributed by atoms with Gasteiger partial charge in [-0.3, -0.25) is 14.5 Å². The summed E-state index contributed by atoms with van der Waals surface area (Å²) < 4.78 is 2.19. The number of nitrogens with zero attached hydrogens (tertiary/aromatic N) is 2. The minimum absolute atomic E-state index is 0.192. The summed E-state index contributed by atoms with van der Waals surface area (Å²) in [5, 5.41) is 1.61. The average molecular weight is 439 g/mol. The fourth-order valence-electron chi connectivity index (χ4n) is 3.86. The number of carbonyl (C=O) groups excluding carboxylic acids is 2. The summed E-state index contributed by atoms with van der Waals surface area (Å²) in [6.07, 6.45) is 5.56. The number of fused-ring (bicyclic) bond motifs is 1. The van der Waals surface area contributed by atoms with Crippen LogP contribution in [0.5, 0.6) is 0 Å². The van der Waals surface area contributed by atoms with Gasteiger partial charge in [0.25, 0.3) is 11.1 Å². The van der Waals surface area contributed by atoms with Gasteiger partial charge in [0.15, 0.2) is 0 Å². The number of para-hydroxylation sites is 1. The first kappa shape index (κ1) is 20.8. The largest absolute Gasteiger partial charge is 0.342 e. The average Bonchev–Trinajstić information content (AvgIpc) is 3.22. The van der Waals surface area contributed by atoms with Crippen molar-refractivity contribution in [2.45, 2.75) is 33.2 Å². The summed E-state index contributed by atoms with van der Waals surface area (Å²) in [6.45, 7) is 5.19. The van der Waals surface area contributed by atoms with Gasteiger partial charge in [0.2, 0.25) is 0 Å². The van der Waals surface area contributed by atoms with Gasteiger partial charge in [-0.25, -0.2) is 0 Å². The van der Waals surface area contributed by atoms with E-state index in [0.29, 0.717) is 18.0 Å². The molecule has 1 aliphatic heterocycles. The molecular weight excluding hydrogens is 416 g/mol. The lowest BCUT2D eigenvalue weighted by molar-refractivity contribution is -0.122. The summed E-state index contributed by atoms with van der Waals surface area (Å²) in [7, 11) is 0. The zero-order valence-corrected chi connectivity index (χ0v) is 18.6. The maximum Gasteiger partial charge on any atom is 0.293 e. The van der Waals surface area contributed by atoms with Crippen LogP contribution in [0.1, 0.15) is 37.0 Å². The van der Waals surface area contributed by atoms with Crippen molar-refractivity contribution < 1.29 is 9.59 Å². The zero-order valence-electron chi connectivity index (χ0n) is 17.0. The van der Waals surface area contributed by atoms with Crippen molar-refractivity contribution in [1.82, 2.24) is 9.47 Å². The summed E-state index contributed by atoms with van der Waals surface area (Å²) in [6, 6.07) is 14.1. The van der Waals surface area contributed by atoms with Gasteiger partial charge in [-0.1, -0.05) is 61.8 Å². The summed E-state index contributed by atoms with van der Waals surface area (Å²) in [4.78, 5) is 26.7. The lowest BCUT2D eigenvalue weighted by Crippen LogP contribution is -2.28. The van der Waals surface area contributed by atoms with Crippen molar-refractivity contribution in [3.8, 4) is 0 Å². The highest BCUT2D eigenvalue weighted by Gasteiger charge is 2.34. The first-order valence-electron chi connectivity index (χ1n) is 10.1. The molecule has 0 atom stereocenters. The second-order valence-electron chi connectivity index (χ2n) is 7.30. The maximum absolute atomic E-state index is 12.7. The van der Waals surface area contributed by atoms with Gasteiger partial charge in [0.05, 0.1) is 10.4 Å². The Bertz CT molecular complexity index is 1170. The van der Waals surface area contributed by atoms with E-state index in [-0.39, 0.29) is 11.1 Å². The molecule has 2 heterocycles. The quantitative estimate of drug-likeness (QED) is 0.421. The number of amides is 2. The molecule has 30 heavy (non-hydrogen) atoms. The van der Waals surface area contributed by atoms with Gasteiger partial charge >= 0.3 is 0 Å². The van der Waals surface area contributed by atoms with Crippen molar-refractivity contribution in [2.75, 3.05) is 6.54 Å². The van der Waals surface area contributed by atoms with Crippen molar-refractivity contribution in [1.29, 1.82) is 0 Å². The minimum Gasteiger partial charge on any atom is -0.342 e. The molecule has 1 fully saturated rings. The Balaban J connectivity index is 1.81. The molecule has 0 N–H and O–H groups in total. The summed E-state index contributed by atoms with van der Waals surface area (Å²) >= 11 is 7.43. The van der Waals surface area contributed by atoms with Gasteiger partial charge in [-0.05, 0) is 47.9 Å². The van der Waals surface area contributed by atoms with Gasteiger partial charge < -0.3 is 4.57 Å². The van der Waals surface area contributed by atoms with Gasteiger partial charge in [-0.15, -0.1) is 0 Å². The van der Waals surface area contributed by atoms with Crippen LogP contribution in [0.4, 0.5) is 4.79 Å². The molecular formula is C24H23ClN2O2S. The number of imide groups is 1. The monoisotopic (exact) mass is 438 g/mol. The number of benzene rings is 2. The number of aryl methyl sites for hydroxylation is 1. The molecule has 0 bridgehead atoms. The smallest absolute Gasteiger partial charge is 0.293 e. The number of aromatic nitrogens is 1. The van der Waals surface area contributed by atoms with Gasteiger partial charge in [0.1, 0.15) is 0 Å². The Labute approximate surface area is 185 Å². The highest BCUT2D eigenvalue weighted by Crippen LogP contribution is 2.35. The second kappa shape index (κ2) is 8.70. The number of hydrogen-bond acceptors (Lipinski definition) is 3. The molecule has 0 radical (unpaired) electrons. The number of hydrogen-bond donors (Lipinski definition) is 0. The van der Waals surface area contributed by atoms with Crippen LogP contribution in [-0.4, -0.2) is 27.2 Å². The fraction of sp³-hybridized carbons (Fsp3) is 0.250. The van der Waals surface area contributed by atoms with Crippen LogP contribution in [0.3, 0.4) is 0 Å². The molecule has 2 aromatic carbocycles. The third-order valence-electron chi connectivity index (χ3n) is 5.30. The Hall–Kier alpha value is -2.50. The molecule has 4 nitrogen and oxygen atoms in total. The number of carbonyl (C=O) groups is 2. The van der Waals surface area contributed by atoms with Crippen LogP contribution >= 0.6 is 23.4 Å². The molecule has 0 aliphatic carbocycles. The second-order valence-corrected chi connectivity index (χ2v) is 8.70. The topological polar surface area (TPSA) is 42.3 Å². The SMILES string of the molecule is CCCN1C(=O)S/C(=C\c2cn(Cc3ccccc3Cl)c3c(CC)cccc23)C1=O. The number of halogens is 1. The van der Waals surface area contributed by atoms with E-state index in [1.54, 1.807) is 0 Å². The molecule has 6 heteroatoms. The number of thioether (sulfide) groups is 1. The van der Waals surface area contributed by atoms with Crippen LogP contribution in [0, 0.1) is 0 Å². The minimum atomic E-state index is -0.203. The molecule has 1 saturated heterocycles. The van der Waals surface area contributed by atoms with Crippen molar-refractivity contribution in [3.05, 3.63) is 75.3 Å². The van der Waals surface area contributed by atoms with E-state index in [2.05, 4.69) is 29.8 Å². The highest BCUT2D eigenvalue weighted by atomic mass is 35.5. The zero-order chi connectivity index (χ0) is 21.3. The maximum atomic E-state index is 12.7. The van der Waals surface area contributed by atoms with E-state index in [4.69, 9.17) is 11.6 Å². The first-order chi connectivity index (χ1) is 14.5. The third-order valence-corrected chi connectivity index (χ3v) is 6.58. The molecule has 0 saturated carbocycles. The molecule has 1 aliphatic rings. The molecule has 2 amide bonds. The molecule has 0 spiro atoms. The van der Waals surface area contributed by atoms with Crippen LogP contribution in [0.25, 0.3) is 17.0 Å². The van der Waals surface area contributed by atoms with E-state index in [0.717, 1.165) is 51.7 Å². The van der Waals surface area contributed by atoms with E-state index in [9.17, 15) is 9.59 Å². The number of rotatable bonds is 6. The summed E-state index contributed by atoms with van der Waals surface area (Å²) in [5.41, 5.74) is 4.35. The molecule has 0 unspecified atom stereocenters. The summed E-state index contributed by atoms with van der Waals surface area (Å²) in [5.74, 6) is -0.203. The van der Waals surface area contributed by atoms with Gasteiger partial charge in [-0.2, -0.15) is 0 Å². The third kappa shape index (κ3) is 3.80. The predicted octanol–water partition coefficient (Wildman–Crippen LogP) is 6.35.